The van der Waals surface area contributed by atoms with E-state index in [4.69, 9.17) is 4.74 Å². The van der Waals surface area contributed by atoms with Gasteiger partial charge in [0.1, 0.15) is 0 Å². The lowest BCUT2D eigenvalue weighted by molar-refractivity contribution is 0.201. The normalized spacial score (nSPS) is 11.4. The second-order valence-electron chi connectivity index (χ2n) is 4.15. The van der Waals surface area contributed by atoms with Crippen molar-refractivity contribution in [2.75, 3.05) is 19.0 Å². The van der Waals surface area contributed by atoms with Gasteiger partial charge >= 0.3 is 0 Å². The molecule has 0 aliphatic heterocycles. The Labute approximate surface area is 102 Å². The molecule has 0 unspecified atom stereocenters. The third-order valence-electron chi connectivity index (χ3n) is 3.07. The van der Waals surface area contributed by atoms with Crippen molar-refractivity contribution in [3.63, 3.8) is 0 Å². The standard InChI is InChI=1S/C12H21N3O2/c1-5-12(6-2,8-16)15-11-13-9(3)7-10(14-11)17-4/h7,16H,5-6,8H2,1-4H3,(H,13,14,15). The van der Waals surface area contributed by atoms with Crippen LogP contribution in [-0.2, 0) is 0 Å². The number of hydrogen-bond donors (Lipinski definition) is 2. The van der Waals surface area contributed by atoms with Crippen LogP contribution in [0.2, 0.25) is 0 Å². The molecule has 0 aliphatic rings. The highest BCUT2D eigenvalue weighted by Gasteiger charge is 2.26. The van der Waals surface area contributed by atoms with E-state index in [1.54, 1.807) is 13.2 Å². The van der Waals surface area contributed by atoms with Crippen molar-refractivity contribution >= 4 is 5.95 Å². The fraction of sp³-hybridized carbons (Fsp3) is 0.667. The van der Waals surface area contributed by atoms with Gasteiger partial charge in [-0.3, -0.25) is 0 Å². The summed E-state index contributed by atoms with van der Waals surface area (Å²) in [4.78, 5) is 8.52. The molecule has 1 aromatic heterocycles. The average molecular weight is 239 g/mol. The Hall–Kier alpha value is -1.36. The van der Waals surface area contributed by atoms with E-state index in [1.165, 1.54) is 0 Å². The number of methoxy groups -OCH3 is 1. The maximum Gasteiger partial charge on any atom is 0.226 e. The summed E-state index contributed by atoms with van der Waals surface area (Å²) < 4.78 is 5.10. The number of aliphatic hydroxyl groups is 1. The van der Waals surface area contributed by atoms with Crippen molar-refractivity contribution in [2.24, 2.45) is 0 Å². The van der Waals surface area contributed by atoms with Crippen LogP contribution in [0.5, 0.6) is 5.88 Å². The number of hydrogen-bond acceptors (Lipinski definition) is 5. The smallest absolute Gasteiger partial charge is 0.226 e. The molecule has 5 nitrogen and oxygen atoms in total. The summed E-state index contributed by atoms with van der Waals surface area (Å²) in [5, 5.41) is 12.7. The number of aliphatic hydroxyl groups excluding tert-OH is 1. The van der Waals surface area contributed by atoms with Gasteiger partial charge in [-0.25, -0.2) is 4.98 Å². The quantitative estimate of drug-likeness (QED) is 0.791. The number of aromatic nitrogens is 2. The molecular formula is C12H21N3O2. The summed E-state index contributed by atoms with van der Waals surface area (Å²) in [6.07, 6.45) is 1.61. The zero-order valence-corrected chi connectivity index (χ0v) is 10.9. The maximum atomic E-state index is 9.48. The lowest BCUT2D eigenvalue weighted by atomic mass is 9.94. The summed E-state index contributed by atoms with van der Waals surface area (Å²) in [6.45, 7) is 5.99. The second kappa shape index (κ2) is 5.82. The van der Waals surface area contributed by atoms with Crippen LogP contribution in [0, 0.1) is 6.92 Å². The summed E-state index contributed by atoms with van der Waals surface area (Å²) in [7, 11) is 1.57. The Balaban J connectivity index is 2.96. The van der Waals surface area contributed by atoms with Crippen molar-refractivity contribution in [1.82, 2.24) is 9.97 Å². The van der Waals surface area contributed by atoms with Gasteiger partial charge in [0.2, 0.25) is 11.8 Å². The summed E-state index contributed by atoms with van der Waals surface area (Å²) in [5.74, 6) is 1.03. The molecule has 1 rings (SSSR count). The van der Waals surface area contributed by atoms with Crippen LogP contribution >= 0.6 is 0 Å². The molecular weight excluding hydrogens is 218 g/mol. The minimum atomic E-state index is -0.362. The van der Waals surface area contributed by atoms with Gasteiger partial charge < -0.3 is 15.2 Å². The number of rotatable bonds is 6. The van der Waals surface area contributed by atoms with Gasteiger partial charge in [0.05, 0.1) is 19.3 Å². The number of anilines is 1. The summed E-state index contributed by atoms with van der Waals surface area (Å²) in [5.41, 5.74) is 0.470. The zero-order chi connectivity index (χ0) is 12.9. The van der Waals surface area contributed by atoms with Crippen LogP contribution in [0.1, 0.15) is 32.4 Å². The third kappa shape index (κ3) is 3.30. The molecule has 0 fully saturated rings. The molecule has 0 amide bonds. The van der Waals surface area contributed by atoms with Crippen molar-refractivity contribution in [1.29, 1.82) is 0 Å². The molecule has 0 bridgehead atoms. The summed E-state index contributed by atoms with van der Waals surface area (Å²) >= 11 is 0. The highest BCUT2D eigenvalue weighted by Crippen LogP contribution is 2.21. The van der Waals surface area contributed by atoms with E-state index >= 15 is 0 Å². The lowest BCUT2D eigenvalue weighted by Gasteiger charge is -2.30. The Morgan fingerprint density at radius 3 is 2.47 bits per heavy atom. The molecule has 0 radical (unpaired) electrons. The van der Waals surface area contributed by atoms with Crippen LogP contribution < -0.4 is 10.1 Å². The Morgan fingerprint density at radius 1 is 1.35 bits per heavy atom. The molecule has 0 aromatic carbocycles. The minimum Gasteiger partial charge on any atom is -0.481 e. The molecule has 0 atom stereocenters. The fourth-order valence-electron chi connectivity index (χ4n) is 1.63. The monoisotopic (exact) mass is 239 g/mol. The molecule has 0 saturated heterocycles. The van der Waals surface area contributed by atoms with E-state index in [1.807, 2.05) is 20.8 Å². The van der Waals surface area contributed by atoms with Gasteiger partial charge in [-0.1, -0.05) is 13.8 Å². The first-order chi connectivity index (χ1) is 8.09. The predicted molar refractivity (Wildman–Crippen MR) is 67.3 cm³/mol. The fourth-order valence-corrected chi connectivity index (χ4v) is 1.63. The molecule has 17 heavy (non-hydrogen) atoms. The number of ether oxygens (including phenoxy) is 1. The third-order valence-corrected chi connectivity index (χ3v) is 3.07. The average Bonchev–Trinajstić information content (AvgIpc) is 2.35. The highest BCUT2D eigenvalue weighted by molar-refractivity contribution is 5.34. The first-order valence-electron chi connectivity index (χ1n) is 5.88. The van der Waals surface area contributed by atoms with Crippen LogP contribution in [0.3, 0.4) is 0 Å². The Kier molecular flexibility index (Phi) is 4.69. The molecule has 1 heterocycles. The molecule has 2 N–H and O–H groups in total. The second-order valence-corrected chi connectivity index (χ2v) is 4.15. The van der Waals surface area contributed by atoms with E-state index in [0.717, 1.165) is 18.5 Å². The van der Waals surface area contributed by atoms with Crippen LogP contribution in [-0.4, -0.2) is 34.3 Å². The van der Waals surface area contributed by atoms with Crippen LogP contribution in [0.25, 0.3) is 0 Å². The molecule has 0 aliphatic carbocycles. The number of nitrogens with one attached hydrogen (secondary N) is 1. The molecule has 96 valence electrons. The van der Waals surface area contributed by atoms with Crippen molar-refractivity contribution in [3.8, 4) is 5.88 Å². The molecule has 0 saturated carbocycles. The van der Waals surface area contributed by atoms with E-state index in [9.17, 15) is 5.11 Å². The minimum absolute atomic E-state index is 0.0552. The Morgan fingerprint density at radius 2 is 2.00 bits per heavy atom. The lowest BCUT2D eigenvalue weighted by Crippen LogP contribution is -2.41. The largest absolute Gasteiger partial charge is 0.481 e. The van der Waals surface area contributed by atoms with Crippen molar-refractivity contribution in [2.45, 2.75) is 39.2 Å². The molecule has 1 aromatic rings. The van der Waals surface area contributed by atoms with Crippen molar-refractivity contribution < 1.29 is 9.84 Å². The number of nitrogens with zero attached hydrogens (tertiary/aromatic N) is 2. The Bertz CT molecular complexity index is 357. The van der Waals surface area contributed by atoms with E-state index in [-0.39, 0.29) is 12.1 Å². The number of aryl methyl sites for hydroxylation is 1. The molecule has 5 heteroatoms. The van der Waals surface area contributed by atoms with E-state index in [2.05, 4.69) is 15.3 Å². The highest BCUT2D eigenvalue weighted by atomic mass is 16.5. The van der Waals surface area contributed by atoms with Crippen molar-refractivity contribution in [3.05, 3.63) is 11.8 Å². The molecule has 0 spiro atoms. The van der Waals surface area contributed by atoms with Crippen LogP contribution in [0.15, 0.2) is 6.07 Å². The topological polar surface area (TPSA) is 67.3 Å². The van der Waals surface area contributed by atoms with E-state index < -0.39 is 0 Å². The first-order valence-corrected chi connectivity index (χ1v) is 5.88. The van der Waals surface area contributed by atoms with Gasteiger partial charge in [0.25, 0.3) is 0 Å². The van der Waals surface area contributed by atoms with Gasteiger partial charge in [-0.05, 0) is 19.8 Å². The van der Waals surface area contributed by atoms with E-state index in [0.29, 0.717) is 11.8 Å². The predicted octanol–water partition coefficient (Wildman–Crippen LogP) is 1.76. The SMILES string of the molecule is CCC(CC)(CO)Nc1nc(C)cc(OC)n1. The zero-order valence-electron chi connectivity index (χ0n) is 10.9. The van der Waals surface area contributed by atoms with Crippen LogP contribution in [0.4, 0.5) is 5.95 Å². The maximum absolute atomic E-state index is 9.48. The summed E-state index contributed by atoms with van der Waals surface area (Å²) in [6, 6.07) is 1.77. The first kappa shape index (κ1) is 13.7. The van der Waals surface area contributed by atoms with Gasteiger partial charge in [-0.2, -0.15) is 4.98 Å². The van der Waals surface area contributed by atoms with Gasteiger partial charge in [0.15, 0.2) is 0 Å². The van der Waals surface area contributed by atoms with Gasteiger partial charge in [-0.15, -0.1) is 0 Å². The van der Waals surface area contributed by atoms with Gasteiger partial charge in [0, 0.05) is 11.8 Å².